The Labute approximate surface area is 222 Å². The van der Waals surface area contributed by atoms with Crippen molar-refractivity contribution in [2.45, 2.75) is 85.4 Å². The lowest BCUT2D eigenvalue weighted by Crippen LogP contribution is -2.29. The quantitative estimate of drug-likeness (QED) is 0.235. The molecule has 1 saturated carbocycles. The van der Waals surface area contributed by atoms with Gasteiger partial charge in [0.1, 0.15) is 29.5 Å². The van der Waals surface area contributed by atoms with Gasteiger partial charge >= 0.3 is 5.97 Å². The fourth-order valence-electron chi connectivity index (χ4n) is 5.37. The van der Waals surface area contributed by atoms with Crippen LogP contribution in [-0.4, -0.2) is 26.7 Å². The van der Waals surface area contributed by atoms with Gasteiger partial charge in [0.2, 0.25) is 0 Å². The lowest BCUT2D eigenvalue weighted by Gasteiger charge is -2.31. The van der Waals surface area contributed by atoms with E-state index in [-0.39, 0.29) is 35.8 Å². The van der Waals surface area contributed by atoms with Gasteiger partial charge in [0.05, 0.1) is 11.3 Å². The van der Waals surface area contributed by atoms with E-state index in [1.54, 1.807) is 17.4 Å². The summed E-state index contributed by atoms with van der Waals surface area (Å²) in [6.45, 7) is 8.89. The number of ether oxygens (including phenoxy) is 2. The third-order valence-corrected chi connectivity index (χ3v) is 7.06. The number of fused-ring (bicyclic) bond motifs is 1. The second-order valence-corrected chi connectivity index (χ2v) is 11.3. The van der Waals surface area contributed by atoms with Crippen molar-refractivity contribution in [2.24, 2.45) is 11.8 Å². The van der Waals surface area contributed by atoms with Crippen LogP contribution >= 0.6 is 0 Å². The second-order valence-electron chi connectivity index (χ2n) is 11.3. The summed E-state index contributed by atoms with van der Waals surface area (Å²) < 4.78 is 41.3. The van der Waals surface area contributed by atoms with Crippen LogP contribution < -0.4 is 4.74 Å². The average Bonchev–Trinajstić information content (AvgIpc) is 3.14. The van der Waals surface area contributed by atoms with Crippen LogP contribution in [0.2, 0.25) is 0 Å². The molecule has 0 N–H and O–H groups in total. The molecule has 1 fully saturated rings. The normalized spacial score (nSPS) is 18.0. The average molecular weight is 527 g/mol. The zero-order valence-corrected chi connectivity index (χ0v) is 22.8. The molecular formula is C30H36F2N2O4. The van der Waals surface area contributed by atoms with Crippen LogP contribution in [0.1, 0.15) is 86.6 Å². The Hall–Kier alpha value is -3.29. The third-order valence-electron chi connectivity index (χ3n) is 7.06. The number of nitrogens with zero attached hydrogens (tertiary/aromatic N) is 2. The highest BCUT2D eigenvalue weighted by molar-refractivity contribution is 5.97. The molecule has 1 aliphatic carbocycles. The summed E-state index contributed by atoms with van der Waals surface area (Å²) in [6, 6.07) is 5.42. The van der Waals surface area contributed by atoms with Crippen molar-refractivity contribution < 1.29 is 27.8 Å². The lowest BCUT2D eigenvalue weighted by atomic mass is 9.75. The molecular weight excluding hydrogens is 490 g/mol. The molecule has 3 aromatic rings. The Morgan fingerprint density at radius 3 is 2.32 bits per heavy atom. The van der Waals surface area contributed by atoms with Gasteiger partial charge in [-0.1, -0.05) is 18.9 Å². The third kappa shape index (κ3) is 6.40. The topological polar surface area (TPSA) is 69.9 Å². The highest BCUT2D eigenvalue weighted by Crippen LogP contribution is 2.36. The van der Waals surface area contributed by atoms with E-state index in [4.69, 9.17) is 9.47 Å². The SMILES string of the molecule is Cc1cc(OCc2c(F)cccc2F)c2nc(C)c(C(=O)C[C@@H]3CCCC[C@H]3CC(=O)OC(C)(C)C)n2c1. The molecule has 0 unspecified atom stereocenters. The zero-order valence-electron chi connectivity index (χ0n) is 22.8. The van der Waals surface area contributed by atoms with E-state index < -0.39 is 17.2 Å². The first kappa shape index (κ1) is 27.7. The first-order valence-corrected chi connectivity index (χ1v) is 13.2. The molecule has 0 saturated heterocycles. The van der Waals surface area contributed by atoms with Gasteiger partial charge in [-0.15, -0.1) is 0 Å². The summed E-state index contributed by atoms with van der Waals surface area (Å²) in [5.74, 6) is -1.12. The molecule has 38 heavy (non-hydrogen) atoms. The summed E-state index contributed by atoms with van der Waals surface area (Å²) in [7, 11) is 0. The predicted octanol–water partition coefficient (Wildman–Crippen LogP) is 6.92. The zero-order chi connectivity index (χ0) is 27.6. The Morgan fingerprint density at radius 2 is 1.68 bits per heavy atom. The van der Waals surface area contributed by atoms with Crippen molar-refractivity contribution in [3.05, 3.63) is 64.6 Å². The van der Waals surface area contributed by atoms with Crippen LogP contribution in [0, 0.1) is 37.3 Å². The Balaban J connectivity index is 1.56. The second kappa shape index (κ2) is 11.2. The minimum atomic E-state index is -0.683. The van der Waals surface area contributed by atoms with Crippen molar-refractivity contribution in [1.29, 1.82) is 0 Å². The molecule has 0 spiro atoms. The maximum Gasteiger partial charge on any atom is 0.306 e. The van der Waals surface area contributed by atoms with Crippen LogP contribution in [0.3, 0.4) is 0 Å². The highest BCUT2D eigenvalue weighted by Gasteiger charge is 2.32. The molecule has 1 aliphatic rings. The van der Waals surface area contributed by atoms with E-state index in [0.717, 1.165) is 31.2 Å². The number of Topliss-reactive ketones (excluding diaryl/α,β-unsaturated/α-hetero) is 1. The van der Waals surface area contributed by atoms with Crippen LogP contribution in [0.4, 0.5) is 8.78 Å². The van der Waals surface area contributed by atoms with Crippen LogP contribution in [0.25, 0.3) is 5.65 Å². The molecule has 2 heterocycles. The minimum Gasteiger partial charge on any atom is -0.485 e. The van der Waals surface area contributed by atoms with Crippen molar-refractivity contribution >= 4 is 17.4 Å². The fraction of sp³-hybridized carbons (Fsp3) is 0.500. The summed E-state index contributed by atoms with van der Waals surface area (Å²) in [5, 5.41) is 0. The summed E-state index contributed by atoms with van der Waals surface area (Å²) in [5.41, 5.74) is 1.55. The number of rotatable bonds is 8. The van der Waals surface area contributed by atoms with E-state index in [0.29, 0.717) is 35.6 Å². The number of halogens is 2. The maximum atomic E-state index is 14.1. The van der Waals surface area contributed by atoms with Gasteiger partial charge in [-0.05, 0) is 83.1 Å². The Bertz CT molecular complexity index is 1320. The van der Waals surface area contributed by atoms with Gasteiger partial charge in [-0.2, -0.15) is 0 Å². The molecule has 0 bridgehead atoms. The lowest BCUT2D eigenvalue weighted by molar-refractivity contribution is -0.156. The number of imidazole rings is 1. The van der Waals surface area contributed by atoms with Crippen LogP contribution in [-0.2, 0) is 16.1 Å². The number of ketones is 1. The fourth-order valence-corrected chi connectivity index (χ4v) is 5.37. The first-order valence-electron chi connectivity index (χ1n) is 13.2. The summed E-state index contributed by atoms with van der Waals surface area (Å²) >= 11 is 0. The van der Waals surface area contributed by atoms with Gasteiger partial charge < -0.3 is 9.47 Å². The molecule has 2 atom stereocenters. The molecule has 204 valence electrons. The van der Waals surface area contributed by atoms with Crippen molar-refractivity contribution in [3.8, 4) is 5.75 Å². The molecule has 1 aromatic carbocycles. The van der Waals surface area contributed by atoms with Crippen LogP contribution in [0.15, 0.2) is 30.5 Å². The number of esters is 1. The molecule has 0 radical (unpaired) electrons. The van der Waals surface area contributed by atoms with E-state index in [2.05, 4.69) is 4.98 Å². The molecule has 2 aromatic heterocycles. The number of benzene rings is 1. The first-order chi connectivity index (χ1) is 17.9. The molecule has 0 amide bonds. The van der Waals surface area contributed by atoms with Gasteiger partial charge in [0, 0.05) is 19.0 Å². The number of pyridine rings is 1. The Kier molecular flexibility index (Phi) is 8.19. The van der Waals surface area contributed by atoms with Crippen molar-refractivity contribution in [1.82, 2.24) is 9.38 Å². The van der Waals surface area contributed by atoms with Crippen LogP contribution in [0.5, 0.6) is 5.75 Å². The number of aromatic nitrogens is 2. The number of carbonyl (C=O) groups excluding carboxylic acids is 2. The maximum absolute atomic E-state index is 14.1. The van der Waals surface area contributed by atoms with E-state index in [1.807, 2.05) is 33.9 Å². The van der Waals surface area contributed by atoms with Crippen molar-refractivity contribution in [2.75, 3.05) is 0 Å². The van der Waals surface area contributed by atoms with E-state index >= 15 is 0 Å². The smallest absolute Gasteiger partial charge is 0.306 e. The summed E-state index contributed by atoms with van der Waals surface area (Å²) in [6.07, 6.45) is 6.29. The number of aryl methyl sites for hydroxylation is 2. The highest BCUT2D eigenvalue weighted by atomic mass is 19.1. The number of hydrogen-bond donors (Lipinski definition) is 0. The number of carbonyl (C=O) groups is 2. The molecule has 4 rings (SSSR count). The molecule has 6 nitrogen and oxygen atoms in total. The van der Waals surface area contributed by atoms with Gasteiger partial charge in [-0.25, -0.2) is 13.8 Å². The summed E-state index contributed by atoms with van der Waals surface area (Å²) in [4.78, 5) is 30.7. The van der Waals surface area contributed by atoms with Gasteiger partial charge in [0.25, 0.3) is 0 Å². The number of hydrogen-bond acceptors (Lipinski definition) is 5. The molecule has 0 aliphatic heterocycles. The standard InChI is InChI=1S/C30H36F2N2O4/c1-18-13-26(37-17-22-23(31)11-8-12-24(22)32)29-33-19(2)28(34(29)16-18)25(35)14-20-9-6-7-10-21(20)15-27(36)38-30(3,4)5/h8,11-13,16,20-21H,6-7,9-10,14-15,17H2,1-5H3/t20-,21-/m0/s1. The minimum absolute atomic E-state index is 0.0483. The monoisotopic (exact) mass is 526 g/mol. The van der Waals surface area contributed by atoms with Gasteiger partial charge in [-0.3, -0.25) is 14.0 Å². The predicted molar refractivity (Wildman–Crippen MR) is 140 cm³/mol. The molecule has 8 heteroatoms. The van der Waals surface area contributed by atoms with Crippen molar-refractivity contribution in [3.63, 3.8) is 0 Å². The van der Waals surface area contributed by atoms with E-state index in [1.165, 1.54) is 18.2 Å². The Morgan fingerprint density at radius 1 is 1.05 bits per heavy atom. The largest absolute Gasteiger partial charge is 0.485 e. The van der Waals surface area contributed by atoms with Gasteiger partial charge in [0.15, 0.2) is 17.2 Å². The van der Waals surface area contributed by atoms with E-state index in [9.17, 15) is 18.4 Å².